The van der Waals surface area contributed by atoms with E-state index in [-0.39, 0.29) is 25.7 Å². The first-order valence-electron chi connectivity index (χ1n) is 40.2. The molecule has 0 radical (unpaired) electrons. The molecule has 97 heavy (non-hydrogen) atoms. The fraction of sp³-hybridized carbons (Fsp3) is 0.949. The van der Waals surface area contributed by atoms with Gasteiger partial charge in [-0.25, -0.2) is 9.13 Å². The Kier molecular flexibility index (Phi) is 65.9. The third kappa shape index (κ3) is 70.9. The van der Waals surface area contributed by atoms with Gasteiger partial charge in [-0.05, 0) is 49.4 Å². The molecule has 0 saturated carbocycles. The number of phosphoric ester groups is 2. The molecule has 17 nitrogen and oxygen atoms in total. The number of rotatable bonds is 75. The molecule has 0 aromatic heterocycles. The molecule has 0 heterocycles. The van der Waals surface area contributed by atoms with Crippen LogP contribution in [0.3, 0.4) is 0 Å². The van der Waals surface area contributed by atoms with Crippen molar-refractivity contribution in [1.29, 1.82) is 0 Å². The van der Waals surface area contributed by atoms with Gasteiger partial charge in [-0.2, -0.15) is 0 Å². The summed E-state index contributed by atoms with van der Waals surface area (Å²) in [7, 11) is -9.92. The Hall–Kier alpha value is -1.94. The summed E-state index contributed by atoms with van der Waals surface area (Å²) in [6.45, 7) is 14.2. The number of unbranched alkanes of at least 4 members (excludes halogenated alkanes) is 40. The molecule has 3 N–H and O–H groups in total. The van der Waals surface area contributed by atoms with E-state index in [4.69, 9.17) is 37.0 Å². The van der Waals surface area contributed by atoms with E-state index in [0.29, 0.717) is 25.7 Å². The fourth-order valence-electron chi connectivity index (χ4n) is 11.9. The van der Waals surface area contributed by atoms with E-state index in [1.807, 2.05) is 0 Å². The highest BCUT2D eigenvalue weighted by Crippen LogP contribution is 2.45. The van der Waals surface area contributed by atoms with Crippen molar-refractivity contribution in [3.8, 4) is 0 Å². The van der Waals surface area contributed by atoms with Crippen molar-refractivity contribution in [1.82, 2.24) is 0 Å². The predicted molar refractivity (Wildman–Crippen MR) is 395 cm³/mol. The Morgan fingerprint density at radius 3 is 0.732 bits per heavy atom. The summed E-state index contributed by atoms with van der Waals surface area (Å²) < 4.78 is 68.6. The third-order valence-corrected chi connectivity index (χ3v) is 20.3. The zero-order valence-electron chi connectivity index (χ0n) is 63.7. The van der Waals surface area contributed by atoms with Crippen LogP contribution in [0.4, 0.5) is 0 Å². The van der Waals surface area contributed by atoms with Gasteiger partial charge in [0.15, 0.2) is 12.2 Å². The third-order valence-electron chi connectivity index (χ3n) is 18.4. The topological polar surface area (TPSA) is 237 Å². The minimum atomic E-state index is -4.96. The first-order valence-corrected chi connectivity index (χ1v) is 43.2. The van der Waals surface area contributed by atoms with E-state index in [0.717, 1.165) is 114 Å². The first kappa shape index (κ1) is 95.1. The Labute approximate surface area is 594 Å². The van der Waals surface area contributed by atoms with E-state index >= 15 is 0 Å². The minimum Gasteiger partial charge on any atom is -0.462 e. The smallest absolute Gasteiger partial charge is 0.462 e. The van der Waals surface area contributed by atoms with Crippen LogP contribution in [0.15, 0.2) is 0 Å². The molecule has 0 rings (SSSR count). The summed E-state index contributed by atoms with van der Waals surface area (Å²) >= 11 is 0. The summed E-state index contributed by atoms with van der Waals surface area (Å²) in [5, 5.41) is 10.6. The molecule has 576 valence electrons. The molecule has 0 aliphatic carbocycles. The van der Waals surface area contributed by atoms with Crippen molar-refractivity contribution >= 4 is 39.5 Å². The van der Waals surface area contributed by atoms with E-state index < -0.39 is 97.5 Å². The molecule has 0 spiro atoms. The standard InChI is InChI=1S/C78H152O17P2/c1-9-71(8)57-49-41-33-25-18-19-26-34-42-50-58-75(80)88-64-73(94-77(82)60-52-44-36-27-17-15-13-11-10-12-14-16-22-30-38-46-54-68(2)3)66-92-96(84,85)90-62-72(79)63-91-97(86,87)93-67-74(95-78(83)61-53-45-37-29-21-24-32-40-48-56-70(6)7)65-89-76(81)59-51-43-35-28-20-23-31-39-47-55-69(4)5/h68-74,79H,9-67H2,1-8H3,(H,84,85)(H,86,87)/t71?,72-,73-,74-/m1/s1. The minimum absolute atomic E-state index is 0.105. The molecule has 0 aliphatic heterocycles. The molecule has 0 aliphatic rings. The average Bonchev–Trinajstić information content (AvgIpc) is 1.09. The van der Waals surface area contributed by atoms with Crippen LogP contribution in [0, 0.1) is 23.7 Å². The maximum absolute atomic E-state index is 13.1. The number of aliphatic hydroxyl groups excluding tert-OH is 1. The first-order chi connectivity index (χ1) is 46.6. The molecule has 0 amide bonds. The highest BCUT2D eigenvalue weighted by Gasteiger charge is 2.30. The van der Waals surface area contributed by atoms with Gasteiger partial charge in [0.05, 0.1) is 26.4 Å². The van der Waals surface area contributed by atoms with Crippen molar-refractivity contribution in [2.24, 2.45) is 23.7 Å². The van der Waals surface area contributed by atoms with Crippen molar-refractivity contribution < 1.29 is 80.2 Å². The zero-order chi connectivity index (χ0) is 71.7. The van der Waals surface area contributed by atoms with Crippen LogP contribution in [0.1, 0.15) is 396 Å². The second-order valence-electron chi connectivity index (χ2n) is 29.8. The molecule has 6 atom stereocenters. The summed E-state index contributed by atoms with van der Waals surface area (Å²) in [6, 6.07) is 0. The number of esters is 4. The fourth-order valence-corrected chi connectivity index (χ4v) is 13.5. The molecule has 19 heteroatoms. The Bertz CT molecular complexity index is 1900. The number of aliphatic hydroxyl groups is 1. The number of hydrogen-bond donors (Lipinski definition) is 3. The maximum Gasteiger partial charge on any atom is 0.472 e. The molecular weight excluding hydrogens is 1270 g/mol. The van der Waals surface area contributed by atoms with Gasteiger partial charge in [-0.15, -0.1) is 0 Å². The number of carbonyl (C=O) groups is 4. The van der Waals surface area contributed by atoms with Crippen LogP contribution in [0.25, 0.3) is 0 Å². The van der Waals surface area contributed by atoms with Gasteiger partial charge < -0.3 is 33.8 Å². The van der Waals surface area contributed by atoms with Crippen molar-refractivity contribution in [3.63, 3.8) is 0 Å². The van der Waals surface area contributed by atoms with Gasteiger partial charge in [-0.1, -0.05) is 344 Å². The Morgan fingerprint density at radius 1 is 0.289 bits per heavy atom. The summed E-state index contributed by atoms with van der Waals surface area (Å²) in [4.78, 5) is 72.9. The Balaban J connectivity index is 5.25. The largest absolute Gasteiger partial charge is 0.472 e. The monoisotopic (exact) mass is 1420 g/mol. The van der Waals surface area contributed by atoms with Gasteiger partial charge in [0, 0.05) is 25.7 Å². The molecule has 0 bridgehead atoms. The van der Waals surface area contributed by atoms with Gasteiger partial charge in [0.1, 0.15) is 19.3 Å². The lowest BCUT2D eigenvalue weighted by Crippen LogP contribution is -2.30. The number of phosphoric acid groups is 2. The average molecular weight is 1420 g/mol. The highest BCUT2D eigenvalue weighted by molar-refractivity contribution is 7.47. The van der Waals surface area contributed by atoms with Crippen molar-refractivity contribution in [2.75, 3.05) is 39.6 Å². The number of hydrogen-bond acceptors (Lipinski definition) is 15. The second-order valence-corrected chi connectivity index (χ2v) is 32.7. The zero-order valence-corrected chi connectivity index (χ0v) is 65.5. The highest BCUT2D eigenvalue weighted by atomic mass is 31.2. The lowest BCUT2D eigenvalue weighted by Gasteiger charge is -2.21. The van der Waals surface area contributed by atoms with Gasteiger partial charge in [0.25, 0.3) is 0 Å². The summed E-state index contributed by atoms with van der Waals surface area (Å²) in [5.41, 5.74) is 0. The van der Waals surface area contributed by atoms with E-state index in [1.54, 1.807) is 0 Å². The summed E-state index contributed by atoms with van der Waals surface area (Å²) in [5.74, 6) is 0.981. The van der Waals surface area contributed by atoms with Crippen LogP contribution >= 0.6 is 15.6 Å². The van der Waals surface area contributed by atoms with Gasteiger partial charge in [0.2, 0.25) is 0 Å². The molecule has 0 fully saturated rings. The lowest BCUT2D eigenvalue weighted by atomic mass is 9.99. The van der Waals surface area contributed by atoms with Gasteiger partial charge >= 0.3 is 39.5 Å². The van der Waals surface area contributed by atoms with Crippen LogP contribution in [0.5, 0.6) is 0 Å². The quantitative estimate of drug-likeness (QED) is 0.0222. The molecular formula is C78H152O17P2. The van der Waals surface area contributed by atoms with Crippen molar-refractivity contribution in [3.05, 3.63) is 0 Å². The Morgan fingerprint density at radius 2 is 0.495 bits per heavy atom. The second kappa shape index (κ2) is 67.2. The van der Waals surface area contributed by atoms with E-state index in [9.17, 15) is 43.2 Å². The number of ether oxygens (including phenoxy) is 4. The van der Waals surface area contributed by atoms with Crippen LogP contribution in [-0.4, -0.2) is 96.7 Å². The lowest BCUT2D eigenvalue weighted by molar-refractivity contribution is -0.161. The molecule has 0 aromatic rings. The van der Waals surface area contributed by atoms with E-state index in [2.05, 4.69) is 55.4 Å². The van der Waals surface area contributed by atoms with E-state index in [1.165, 1.54) is 199 Å². The molecule has 0 aromatic carbocycles. The molecule has 0 saturated heterocycles. The molecule has 3 unspecified atom stereocenters. The van der Waals surface area contributed by atoms with Gasteiger partial charge in [-0.3, -0.25) is 37.3 Å². The predicted octanol–water partition coefficient (Wildman–Crippen LogP) is 22.8. The normalized spacial score (nSPS) is 14.4. The van der Waals surface area contributed by atoms with Crippen LogP contribution < -0.4 is 0 Å². The van der Waals surface area contributed by atoms with Crippen LogP contribution in [0.2, 0.25) is 0 Å². The maximum atomic E-state index is 13.1. The summed E-state index contributed by atoms with van der Waals surface area (Å²) in [6.07, 6.45) is 52.7. The SMILES string of the molecule is CCC(C)CCCCCCCCCCCCC(=O)OC[C@H](COP(=O)(O)OC[C@@H](O)COP(=O)(O)OC[C@@H](COC(=O)CCCCCCCCCCCC(C)C)OC(=O)CCCCCCCCCCCC(C)C)OC(=O)CCCCCCCCCCCCCCCCCCC(C)C. The van der Waals surface area contributed by atoms with Crippen molar-refractivity contribution in [2.45, 2.75) is 414 Å². The number of carbonyl (C=O) groups excluding carboxylic acids is 4. The van der Waals surface area contributed by atoms with Crippen LogP contribution in [-0.2, 0) is 65.4 Å².